The van der Waals surface area contributed by atoms with E-state index in [9.17, 15) is 18.9 Å². The van der Waals surface area contributed by atoms with Gasteiger partial charge in [0.2, 0.25) is 11.6 Å². The molecule has 1 aromatic heterocycles. The quantitative estimate of drug-likeness (QED) is 0.458. The third-order valence-corrected chi connectivity index (χ3v) is 2.78. The summed E-state index contributed by atoms with van der Waals surface area (Å²) in [6.45, 7) is 0.588. The lowest BCUT2D eigenvalue weighted by atomic mass is 10.3. The van der Waals surface area contributed by atoms with Gasteiger partial charge in [0.05, 0.1) is 17.2 Å². The maximum Gasteiger partial charge on any atom is 0.353 e. The van der Waals surface area contributed by atoms with E-state index in [1.165, 1.54) is 7.11 Å². The molecule has 0 spiro atoms. The van der Waals surface area contributed by atoms with Gasteiger partial charge in [-0.2, -0.15) is 0 Å². The van der Waals surface area contributed by atoms with Gasteiger partial charge in [0.1, 0.15) is 18.0 Å². The number of benzene rings is 1. The SMILES string of the molecule is COCCNc1ncnc(Nc2cc(F)ccc2F)c1[N+](=O)[O-]. The van der Waals surface area contributed by atoms with Crippen LogP contribution in [0.15, 0.2) is 24.5 Å². The van der Waals surface area contributed by atoms with Crippen LogP contribution in [0.1, 0.15) is 0 Å². The molecule has 23 heavy (non-hydrogen) atoms. The van der Waals surface area contributed by atoms with Crippen molar-refractivity contribution in [1.82, 2.24) is 9.97 Å². The third kappa shape index (κ3) is 4.07. The average Bonchev–Trinajstić information content (AvgIpc) is 2.51. The number of aromatic nitrogens is 2. The topological polar surface area (TPSA) is 102 Å². The molecule has 0 aliphatic heterocycles. The molecule has 0 unspecified atom stereocenters. The summed E-state index contributed by atoms with van der Waals surface area (Å²) in [5.74, 6) is -1.77. The standard InChI is InChI=1S/C13H13F2N5O3/c1-23-5-4-16-12-11(20(21)22)13(18-7-17-12)19-10-6-8(14)2-3-9(10)15/h2-3,6-7H,4-5H2,1H3,(H2,16,17,18,19). The fraction of sp³-hybridized carbons (Fsp3) is 0.231. The van der Waals surface area contributed by atoms with E-state index in [0.717, 1.165) is 24.5 Å². The van der Waals surface area contributed by atoms with Gasteiger partial charge in [-0.1, -0.05) is 0 Å². The molecule has 8 nitrogen and oxygen atoms in total. The van der Waals surface area contributed by atoms with Crippen LogP contribution >= 0.6 is 0 Å². The van der Waals surface area contributed by atoms with Crippen LogP contribution < -0.4 is 10.6 Å². The molecule has 2 aromatic rings. The second-order valence-electron chi connectivity index (χ2n) is 4.35. The number of nitrogens with one attached hydrogen (secondary N) is 2. The van der Waals surface area contributed by atoms with Gasteiger partial charge in [-0.15, -0.1) is 0 Å². The van der Waals surface area contributed by atoms with E-state index < -0.39 is 22.2 Å². The molecule has 1 aromatic carbocycles. The van der Waals surface area contributed by atoms with Gasteiger partial charge in [-0.25, -0.2) is 18.7 Å². The summed E-state index contributed by atoms with van der Waals surface area (Å²) in [7, 11) is 1.48. The van der Waals surface area contributed by atoms with E-state index >= 15 is 0 Å². The Morgan fingerprint density at radius 2 is 2.04 bits per heavy atom. The number of ether oxygens (including phenoxy) is 1. The highest BCUT2D eigenvalue weighted by Crippen LogP contribution is 2.31. The minimum atomic E-state index is -0.770. The number of anilines is 3. The van der Waals surface area contributed by atoms with Crippen molar-refractivity contribution in [2.45, 2.75) is 0 Å². The van der Waals surface area contributed by atoms with Crippen molar-refractivity contribution in [2.75, 3.05) is 30.9 Å². The molecular weight excluding hydrogens is 312 g/mol. The molecule has 0 aliphatic carbocycles. The maximum absolute atomic E-state index is 13.7. The number of methoxy groups -OCH3 is 1. The molecule has 0 amide bonds. The maximum atomic E-state index is 13.7. The zero-order valence-corrected chi connectivity index (χ0v) is 12.0. The summed E-state index contributed by atoms with van der Waals surface area (Å²) in [6, 6.07) is 2.72. The first kappa shape index (κ1) is 16.5. The highest BCUT2D eigenvalue weighted by Gasteiger charge is 2.23. The van der Waals surface area contributed by atoms with E-state index in [0.29, 0.717) is 6.61 Å². The summed E-state index contributed by atoms with van der Waals surface area (Å²) < 4.78 is 31.7. The van der Waals surface area contributed by atoms with E-state index in [1.807, 2.05) is 0 Å². The Bertz CT molecular complexity index is 714. The largest absolute Gasteiger partial charge is 0.383 e. The number of halogens is 2. The fourth-order valence-corrected chi connectivity index (χ4v) is 1.76. The molecule has 2 N–H and O–H groups in total. The molecule has 0 radical (unpaired) electrons. The van der Waals surface area contributed by atoms with E-state index in [1.54, 1.807) is 0 Å². The van der Waals surface area contributed by atoms with Crippen LogP contribution in [0.3, 0.4) is 0 Å². The number of rotatable bonds is 7. The summed E-state index contributed by atoms with van der Waals surface area (Å²) in [5, 5.41) is 16.4. The molecule has 0 aliphatic rings. The monoisotopic (exact) mass is 325 g/mol. The molecule has 0 saturated heterocycles. The van der Waals surface area contributed by atoms with E-state index in [-0.39, 0.29) is 23.9 Å². The Labute approximate surface area is 129 Å². The van der Waals surface area contributed by atoms with Crippen LogP contribution in [0.4, 0.5) is 31.8 Å². The van der Waals surface area contributed by atoms with Crippen molar-refractivity contribution in [3.63, 3.8) is 0 Å². The predicted molar refractivity (Wildman–Crippen MR) is 78.7 cm³/mol. The van der Waals surface area contributed by atoms with Crippen LogP contribution in [0.2, 0.25) is 0 Å². The molecule has 122 valence electrons. The lowest BCUT2D eigenvalue weighted by Crippen LogP contribution is -2.12. The van der Waals surface area contributed by atoms with Crippen LogP contribution in [0.25, 0.3) is 0 Å². The second-order valence-corrected chi connectivity index (χ2v) is 4.35. The molecule has 1 heterocycles. The summed E-state index contributed by atoms with van der Waals surface area (Å²) >= 11 is 0. The highest BCUT2D eigenvalue weighted by atomic mass is 19.1. The zero-order chi connectivity index (χ0) is 16.8. The van der Waals surface area contributed by atoms with Gasteiger partial charge >= 0.3 is 5.69 Å². The summed E-state index contributed by atoms with van der Waals surface area (Å²) in [5.41, 5.74) is -0.748. The number of hydrogen-bond acceptors (Lipinski definition) is 7. The van der Waals surface area contributed by atoms with Crippen LogP contribution in [-0.4, -0.2) is 35.2 Å². The smallest absolute Gasteiger partial charge is 0.353 e. The van der Waals surface area contributed by atoms with Gasteiger partial charge in [0.25, 0.3) is 0 Å². The minimum Gasteiger partial charge on any atom is -0.383 e. The van der Waals surface area contributed by atoms with E-state index in [2.05, 4.69) is 20.6 Å². The zero-order valence-electron chi connectivity index (χ0n) is 12.0. The number of nitrogens with zero attached hydrogens (tertiary/aromatic N) is 3. The molecule has 0 saturated carbocycles. The molecule has 0 atom stereocenters. The van der Waals surface area contributed by atoms with Crippen LogP contribution in [0.5, 0.6) is 0 Å². The normalized spacial score (nSPS) is 10.4. The first-order chi connectivity index (χ1) is 11.0. The first-order valence-corrected chi connectivity index (χ1v) is 6.47. The Morgan fingerprint density at radius 1 is 1.30 bits per heavy atom. The van der Waals surface area contributed by atoms with Gasteiger partial charge in [-0.05, 0) is 12.1 Å². The lowest BCUT2D eigenvalue weighted by Gasteiger charge is -2.10. The van der Waals surface area contributed by atoms with Crippen LogP contribution in [0, 0.1) is 21.7 Å². The fourth-order valence-electron chi connectivity index (χ4n) is 1.76. The molecule has 2 rings (SSSR count). The van der Waals surface area contributed by atoms with Gasteiger partial charge in [0, 0.05) is 19.7 Å². The summed E-state index contributed by atoms with van der Waals surface area (Å²) in [4.78, 5) is 18.1. The molecule has 0 bridgehead atoms. The Morgan fingerprint density at radius 3 is 2.74 bits per heavy atom. The molecular formula is C13H13F2N5O3. The lowest BCUT2D eigenvalue weighted by molar-refractivity contribution is -0.383. The second kappa shape index (κ2) is 7.40. The minimum absolute atomic E-state index is 0.0543. The van der Waals surface area contributed by atoms with E-state index in [4.69, 9.17) is 4.74 Å². The van der Waals surface area contributed by atoms with Crippen molar-refractivity contribution in [1.29, 1.82) is 0 Å². The predicted octanol–water partition coefficient (Wildman–Crippen LogP) is 2.46. The highest BCUT2D eigenvalue weighted by molar-refractivity contribution is 5.73. The third-order valence-electron chi connectivity index (χ3n) is 2.78. The van der Waals surface area contributed by atoms with Crippen molar-refractivity contribution in [3.05, 3.63) is 46.3 Å². The van der Waals surface area contributed by atoms with Crippen molar-refractivity contribution in [3.8, 4) is 0 Å². The number of hydrogen-bond donors (Lipinski definition) is 2. The Hall–Kier alpha value is -2.88. The van der Waals surface area contributed by atoms with Gasteiger partial charge < -0.3 is 15.4 Å². The average molecular weight is 325 g/mol. The van der Waals surface area contributed by atoms with Crippen molar-refractivity contribution < 1.29 is 18.4 Å². The van der Waals surface area contributed by atoms with Crippen LogP contribution in [-0.2, 0) is 4.74 Å². The number of nitro groups is 1. The molecule has 0 fully saturated rings. The van der Waals surface area contributed by atoms with Crippen molar-refractivity contribution in [2.24, 2.45) is 0 Å². The van der Waals surface area contributed by atoms with Crippen molar-refractivity contribution >= 4 is 23.0 Å². The molecule has 10 heteroatoms. The first-order valence-electron chi connectivity index (χ1n) is 6.47. The Balaban J connectivity index is 2.35. The van der Waals surface area contributed by atoms with Gasteiger partial charge in [-0.3, -0.25) is 10.1 Å². The van der Waals surface area contributed by atoms with Gasteiger partial charge in [0.15, 0.2) is 0 Å². The summed E-state index contributed by atoms with van der Waals surface area (Å²) in [6.07, 6.45) is 1.07. The Kier molecular flexibility index (Phi) is 5.31.